The van der Waals surface area contributed by atoms with Gasteiger partial charge in [0, 0.05) is 12.1 Å². The molecule has 2 aromatic rings. The number of nitro benzene ring substituents is 1. The normalized spacial score (nSPS) is 11.2. The molecule has 7 nitrogen and oxygen atoms in total. The highest BCUT2D eigenvalue weighted by Crippen LogP contribution is 2.34. The van der Waals surface area contributed by atoms with E-state index in [0.717, 1.165) is 18.2 Å². The van der Waals surface area contributed by atoms with Crippen LogP contribution in [0.3, 0.4) is 0 Å². The van der Waals surface area contributed by atoms with Gasteiger partial charge in [-0.15, -0.1) is 0 Å². The van der Waals surface area contributed by atoms with E-state index in [2.05, 4.69) is 10.4 Å². The van der Waals surface area contributed by atoms with Gasteiger partial charge in [-0.2, -0.15) is 5.10 Å². The van der Waals surface area contributed by atoms with Gasteiger partial charge in [0.05, 0.1) is 20.7 Å². The summed E-state index contributed by atoms with van der Waals surface area (Å²) < 4.78 is 51.9. The van der Waals surface area contributed by atoms with Gasteiger partial charge < -0.3 is 5.32 Å². The van der Waals surface area contributed by atoms with Crippen molar-refractivity contribution in [1.29, 1.82) is 0 Å². The van der Waals surface area contributed by atoms with Crippen LogP contribution in [0.1, 0.15) is 24.2 Å². The zero-order chi connectivity index (χ0) is 19.6. The van der Waals surface area contributed by atoms with Crippen molar-refractivity contribution in [2.75, 3.05) is 5.32 Å². The monoisotopic (exact) mass is 414 g/mol. The highest BCUT2D eigenvalue weighted by Gasteiger charge is 2.28. The van der Waals surface area contributed by atoms with Gasteiger partial charge in [-0.05, 0) is 6.07 Å². The Bertz CT molecular complexity index is 860. The fourth-order valence-electron chi connectivity index (χ4n) is 1.99. The molecule has 2 rings (SSSR count). The molecule has 26 heavy (non-hydrogen) atoms. The highest BCUT2D eigenvalue weighted by atomic mass is 35.5. The van der Waals surface area contributed by atoms with Crippen LogP contribution in [0.4, 0.5) is 28.9 Å². The van der Waals surface area contributed by atoms with Crippen LogP contribution in [-0.4, -0.2) is 20.6 Å². The number of carbonyl (C=O) groups is 1. The van der Waals surface area contributed by atoms with E-state index in [4.69, 9.17) is 23.2 Å². The van der Waals surface area contributed by atoms with Gasteiger partial charge in [-0.3, -0.25) is 19.6 Å². The van der Waals surface area contributed by atoms with E-state index in [0.29, 0.717) is 4.68 Å². The molecule has 0 bridgehead atoms. The number of nitrogens with one attached hydrogen (secondary N) is 1. The van der Waals surface area contributed by atoms with E-state index in [-0.39, 0.29) is 16.4 Å². The topological polar surface area (TPSA) is 90.1 Å². The lowest BCUT2D eigenvalue weighted by Crippen LogP contribution is -2.21. The summed E-state index contributed by atoms with van der Waals surface area (Å²) in [4.78, 5) is 22.0. The van der Waals surface area contributed by atoms with Crippen molar-refractivity contribution in [3.8, 4) is 0 Å². The van der Waals surface area contributed by atoms with E-state index in [1.807, 2.05) is 0 Å². The number of hydrogen-bond acceptors (Lipinski definition) is 4. The van der Waals surface area contributed by atoms with Crippen molar-refractivity contribution in [1.82, 2.24) is 9.78 Å². The summed E-state index contributed by atoms with van der Waals surface area (Å²) >= 11 is 11.3. The Morgan fingerprint density at radius 3 is 2.46 bits per heavy atom. The smallest absolute Gasteiger partial charge is 0.283 e. The SMILES string of the molecule is O=C(Cn1nc(C(F)F)c(Cl)c1C(F)F)Nc1cc([N+](=O)[O-])ccc1Cl. The minimum atomic E-state index is -3.25. The van der Waals surface area contributed by atoms with Crippen LogP contribution in [-0.2, 0) is 11.3 Å². The second-order valence-corrected chi connectivity index (χ2v) is 5.60. The van der Waals surface area contributed by atoms with Crippen LogP contribution in [0.2, 0.25) is 10.0 Å². The number of carbonyl (C=O) groups excluding carboxylic acids is 1. The molecule has 13 heteroatoms. The minimum Gasteiger partial charge on any atom is -0.323 e. The molecule has 140 valence electrons. The van der Waals surface area contributed by atoms with Crippen molar-refractivity contribution in [3.05, 3.63) is 49.7 Å². The number of alkyl halides is 4. The summed E-state index contributed by atoms with van der Waals surface area (Å²) in [6.07, 6.45) is -6.47. The van der Waals surface area contributed by atoms with Gasteiger partial charge in [-0.25, -0.2) is 17.6 Å². The molecule has 1 heterocycles. The first-order chi connectivity index (χ1) is 12.1. The van der Waals surface area contributed by atoms with Gasteiger partial charge in [0.25, 0.3) is 18.5 Å². The molecule has 1 N–H and O–H groups in total. The average molecular weight is 415 g/mol. The number of halogens is 6. The number of benzene rings is 1. The molecule has 0 atom stereocenters. The summed E-state index contributed by atoms with van der Waals surface area (Å²) in [6, 6.07) is 3.20. The molecule has 0 spiro atoms. The zero-order valence-corrected chi connectivity index (χ0v) is 13.9. The Balaban J connectivity index is 2.27. The van der Waals surface area contributed by atoms with Crippen LogP contribution in [0.15, 0.2) is 18.2 Å². The Morgan fingerprint density at radius 1 is 1.27 bits per heavy atom. The number of rotatable bonds is 6. The molecule has 0 aliphatic rings. The fourth-order valence-corrected chi connectivity index (χ4v) is 2.45. The number of nitro groups is 1. The van der Waals surface area contributed by atoms with Crippen molar-refractivity contribution >= 4 is 40.5 Å². The molecule has 0 fully saturated rings. The lowest BCUT2D eigenvalue weighted by Gasteiger charge is -2.09. The summed E-state index contributed by atoms with van der Waals surface area (Å²) in [5.41, 5.74) is -2.65. The van der Waals surface area contributed by atoms with E-state index >= 15 is 0 Å². The maximum absolute atomic E-state index is 13.0. The molecule has 0 saturated carbocycles. The Hall–Kier alpha value is -2.40. The quantitative estimate of drug-likeness (QED) is 0.424. The summed E-state index contributed by atoms with van der Waals surface area (Å²) in [6.45, 7) is -0.884. The van der Waals surface area contributed by atoms with Gasteiger partial charge in [0.15, 0.2) is 0 Å². The van der Waals surface area contributed by atoms with Crippen LogP contribution in [0.5, 0.6) is 0 Å². The zero-order valence-electron chi connectivity index (χ0n) is 12.4. The largest absolute Gasteiger partial charge is 0.323 e. The molecule has 0 radical (unpaired) electrons. The maximum atomic E-state index is 13.0. The molecule has 0 unspecified atom stereocenters. The summed E-state index contributed by atoms with van der Waals surface area (Å²) in [7, 11) is 0. The third kappa shape index (κ3) is 4.22. The average Bonchev–Trinajstić information content (AvgIpc) is 2.85. The Labute approximate surface area is 152 Å². The van der Waals surface area contributed by atoms with Crippen LogP contribution in [0.25, 0.3) is 0 Å². The summed E-state index contributed by atoms with van der Waals surface area (Å²) in [5.74, 6) is -0.978. The van der Waals surface area contributed by atoms with Crippen molar-refractivity contribution in [3.63, 3.8) is 0 Å². The van der Waals surface area contributed by atoms with Crippen LogP contribution in [0, 0.1) is 10.1 Å². The van der Waals surface area contributed by atoms with Crippen LogP contribution >= 0.6 is 23.2 Å². The standard InChI is InChI=1S/C13H8Cl2F4N4O3/c14-6-2-1-5(23(25)26)3-7(6)20-8(24)4-22-11(13(18)19)9(15)10(21-22)12(16)17/h1-3,12-13H,4H2,(H,20,24). The molecular formula is C13H8Cl2F4N4O3. The van der Waals surface area contributed by atoms with Gasteiger partial charge in [0.2, 0.25) is 5.91 Å². The lowest BCUT2D eigenvalue weighted by molar-refractivity contribution is -0.384. The minimum absolute atomic E-state index is 0.0511. The third-order valence-corrected chi connectivity index (χ3v) is 3.81. The molecule has 0 aliphatic heterocycles. The predicted molar refractivity (Wildman–Crippen MR) is 83.9 cm³/mol. The molecular weight excluding hydrogens is 407 g/mol. The molecule has 1 aromatic heterocycles. The summed E-state index contributed by atoms with van der Waals surface area (Å²) in [5, 5.41) is 15.1. The second kappa shape index (κ2) is 7.87. The van der Waals surface area contributed by atoms with E-state index in [1.54, 1.807) is 0 Å². The number of nitrogens with zero attached hydrogens (tertiary/aromatic N) is 3. The van der Waals surface area contributed by atoms with Gasteiger partial charge in [0.1, 0.15) is 17.9 Å². The van der Waals surface area contributed by atoms with Crippen molar-refractivity contribution in [2.45, 2.75) is 19.4 Å². The molecule has 0 aliphatic carbocycles. The van der Waals surface area contributed by atoms with E-state index < -0.39 is 46.6 Å². The highest BCUT2D eigenvalue weighted by molar-refractivity contribution is 6.33. The molecule has 1 amide bonds. The Kier molecular flexibility index (Phi) is 6.03. The van der Waals surface area contributed by atoms with E-state index in [9.17, 15) is 32.5 Å². The first-order valence-electron chi connectivity index (χ1n) is 6.68. The van der Waals surface area contributed by atoms with Crippen molar-refractivity contribution < 1.29 is 27.3 Å². The van der Waals surface area contributed by atoms with Crippen molar-refractivity contribution in [2.24, 2.45) is 0 Å². The fraction of sp³-hybridized carbons (Fsp3) is 0.231. The van der Waals surface area contributed by atoms with Gasteiger partial charge in [-0.1, -0.05) is 23.2 Å². The third-order valence-electron chi connectivity index (χ3n) is 3.10. The number of anilines is 1. The second-order valence-electron chi connectivity index (χ2n) is 4.81. The Morgan fingerprint density at radius 2 is 1.92 bits per heavy atom. The number of non-ortho nitro benzene ring substituents is 1. The van der Waals surface area contributed by atoms with E-state index in [1.165, 1.54) is 0 Å². The lowest BCUT2D eigenvalue weighted by atomic mass is 10.2. The maximum Gasteiger partial charge on any atom is 0.283 e. The predicted octanol–water partition coefficient (Wildman–Crippen LogP) is 4.61. The first-order valence-corrected chi connectivity index (χ1v) is 7.43. The molecule has 1 aromatic carbocycles. The molecule has 0 saturated heterocycles. The van der Waals surface area contributed by atoms with Crippen LogP contribution < -0.4 is 5.32 Å². The number of hydrogen-bond donors (Lipinski definition) is 1. The first kappa shape index (κ1) is 19.9. The number of aromatic nitrogens is 2. The van der Waals surface area contributed by atoms with Gasteiger partial charge >= 0.3 is 0 Å². The number of amides is 1.